The van der Waals surface area contributed by atoms with Gasteiger partial charge in [0.2, 0.25) is 23.6 Å². The molecule has 10 aliphatic rings. The van der Waals surface area contributed by atoms with Crippen LogP contribution >= 0.6 is 0 Å². The normalized spacial score (nSPS) is 46.7. The van der Waals surface area contributed by atoms with E-state index in [4.69, 9.17) is 94.7 Å². The molecule has 36 N–H and O–H groups in total. The molecule has 0 aromatic heterocycles. The molecule has 61 nitrogen and oxygen atoms in total. The zero-order chi connectivity index (χ0) is 102. The summed E-state index contributed by atoms with van der Waals surface area (Å²) in [5.74, 6) is -9.21. The summed E-state index contributed by atoms with van der Waals surface area (Å²) in [4.78, 5) is 65.7. The highest BCUT2D eigenvalue weighted by molar-refractivity contribution is 5.77. The minimum Gasteiger partial charge on any atom is -0.477 e. The number of hydrogen-bond donors (Lipinski definition) is 36. The van der Waals surface area contributed by atoms with Gasteiger partial charge in [-0.25, -0.2) is 4.79 Å². The van der Waals surface area contributed by atoms with Gasteiger partial charge in [0.25, 0.3) is 5.79 Å². The predicted octanol–water partition coefficient (Wildman–Crippen LogP) is -23.5. The fourth-order valence-corrected chi connectivity index (χ4v) is 17.5. The number of hydrogen-bond acceptors (Lipinski definition) is 56. The number of aliphatic hydroxyl groups excluding tert-OH is 31. The zero-order valence-electron chi connectivity index (χ0n) is 74.5. The summed E-state index contributed by atoms with van der Waals surface area (Å²) in [5, 5.41) is 365. The van der Waals surface area contributed by atoms with E-state index < -0.39 is 439 Å². The second kappa shape index (κ2) is 50.1. The Balaban J connectivity index is 0.957. The zero-order valence-corrected chi connectivity index (χ0v) is 74.5. The highest BCUT2D eigenvalue weighted by Gasteiger charge is 2.64. The fourth-order valence-electron chi connectivity index (χ4n) is 17.5. The van der Waals surface area contributed by atoms with Crippen LogP contribution in [0, 0.1) is 0 Å². The molecule has 10 rings (SSSR count). The van der Waals surface area contributed by atoms with Crippen LogP contribution in [0.1, 0.15) is 48.0 Å². The van der Waals surface area contributed by atoms with Crippen LogP contribution in [0.2, 0.25) is 0 Å². The van der Waals surface area contributed by atoms with Crippen molar-refractivity contribution in [2.45, 2.75) is 385 Å². The van der Waals surface area contributed by atoms with Crippen molar-refractivity contribution >= 4 is 29.6 Å². The third-order valence-electron chi connectivity index (χ3n) is 25.1. The predicted molar refractivity (Wildman–Crippen MR) is 425 cm³/mol. The van der Waals surface area contributed by atoms with Crippen LogP contribution in [-0.4, -0.2) is 596 Å². The number of aliphatic carboxylic acids is 1. The van der Waals surface area contributed by atoms with Gasteiger partial charge >= 0.3 is 5.97 Å². The molecule has 4 amide bonds. The first-order chi connectivity index (χ1) is 65.0. The molecular formula is C77H130N4O57. The molecule has 138 heavy (non-hydrogen) atoms. The van der Waals surface area contributed by atoms with E-state index >= 15 is 0 Å². The number of ether oxygens (including phenoxy) is 20. The molecule has 800 valence electrons. The topological polar surface area (TPSA) is 965 Å². The summed E-state index contributed by atoms with van der Waals surface area (Å²) in [7, 11) is 0. The highest BCUT2D eigenvalue weighted by Crippen LogP contribution is 2.43. The molecule has 10 fully saturated rings. The smallest absolute Gasteiger partial charge is 0.364 e. The third kappa shape index (κ3) is 25.7. The van der Waals surface area contributed by atoms with E-state index in [9.17, 15) is 187 Å². The summed E-state index contributed by atoms with van der Waals surface area (Å²) < 4.78 is 120. The maximum Gasteiger partial charge on any atom is 0.364 e. The van der Waals surface area contributed by atoms with E-state index in [2.05, 4.69) is 21.3 Å². The van der Waals surface area contributed by atoms with Crippen molar-refractivity contribution in [2.24, 2.45) is 0 Å². The number of carboxylic acid groups (broad SMARTS) is 1. The van der Waals surface area contributed by atoms with Crippen molar-refractivity contribution in [3.05, 3.63) is 0 Å². The van der Waals surface area contributed by atoms with E-state index in [1.165, 1.54) is 13.8 Å². The SMILES string of the molecule is CC(=O)N[C@H]1[C@H](O[C@H]2[C@@H](O)[C@@H](CO[C@@H]3O[C@H](CO)[C@@H](O[C@@H]4O[C@H](CO)[C@H](O)[C@H](O[C@@H]5O[C@H](CO)[C@@H](O[C@@H]6O[C@@H](C)[C@@H](O)[C@@H](O)[C@@H]6O)[C@H](O[C@@H]6O[C@H](CO)[C@H](O)[C@H](O)[C@H]6O)[C@H]5NC(C)=O)[C@H]4O)[C@H](O[C@@H]4O[C@@H](C)[C@@H](O)[C@@H](O)[C@@H]4O)[C@H]3NC(C)=O)O[C@@H](O[C@@H]([C@H](O)[C@@H](O)CO)[C@H](O)CO)[C@@H]2O)O[C@H](CO)[C@@H](O[C@@H]2O[C@H](CO[C@]3(C(=O)O)C[C@H](O)[C@@H](NC(C)=O)[C@H]([C@H](O)[C@H](O)CO)O3)[C@H](O)[C@H](O)[C@H]2O)[C@@H]1O. The van der Waals surface area contributed by atoms with E-state index in [-0.39, 0.29) is 0 Å². The van der Waals surface area contributed by atoms with Gasteiger partial charge in [0.1, 0.15) is 250 Å². The minimum atomic E-state index is -3.12. The summed E-state index contributed by atoms with van der Waals surface area (Å²) >= 11 is 0. The molecule has 0 aromatic rings. The Kier molecular flexibility index (Phi) is 41.9. The van der Waals surface area contributed by atoms with E-state index in [0.717, 1.165) is 27.7 Å². The largest absolute Gasteiger partial charge is 0.477 e. The van der Waals surface area contributed by atoms with Gasteiger partial charge in [-0.1, -0.05) is 0 Å². The number of carbonyl (C=O) groups excluding carboxylic acids is 4. The van der Waals surface area contributed by atoms with Crippen LogP contribution in [0.15, 0.2) is 0 Å². The number of carboxylic acids is 1. The van der Waals surface area contributed by atoms with Gasteiger partial charge < -0.3 is 279 Å². The van der Waals surface area contributed by atoms with Crippen LogP contribution < -0.4 is 21.3 Å². The number of amides is 4. The Hall–Kier alpha value is -4.69. The standard InChI is InChI=1S/C77H130N4O57/c1-18-39(98)48(107)52(111)70(121-18)132-61-32(15-89)127-69(38(81-23(6)93)64(61)135-72-54(113)50(109)43(102)28(11-85)123-72)137-65-45(104)29(12-86)124-74(56(65)115)133-60-31(14-88)125-67(37(80-22(5)92)63(60)134-71-53(112)49(108)40(99)19(2)122-71)119-16-33-46(105)66(57(116)75(128-33)130-58(27(97)10-84)41(100)25(95)8-82)136-68-36(79-21(4)91)47(106)59(30(13-87)126-68)131-73-55(114)51(110)44(103)34(129-73)17-120-77(76(117)118)7-24(94)35(78-20(3)90)62(138-77)42(101)26(96)9-83/h18-19,24-75,82-89,94-116H,7-17H2,1-6H3,(H,78,90)(H,79,91)(H,80,92)(H,81,93)(H,117,118)/t18-,19-,24-,25-,26+,27+,28+,29+,30+,31+,32+,33+,34+,35+,36+,37+,38+,39+,40+,41+,42+,43-,44-,45-,46-,47+,48+,49+,50-,51-,52-,53-,54+,55+,56+,57+,58+,59+,60+,61+,62+,63+,64+,65-,66-,67+,68-,69-,70-,71-,72-,73-,74-,75-,77+/m0/s1. The number of carbonyl (C=O) groups is 5. The number of aliphatic hydroxyl groups is 31. The van der Waals surface area contributed by atoms with Crippen molar-refractivity contribution in [1.82, 2.24) is 21.3 Å². The molecule has 0 spiro atoms. The summed E-state index contributed by atoms with van der Waals surface area (Å²) in [6.07, 6.45) is -110. The van der Waals surface area contributed by atoms with Crippen LogP contribution in [0.5, 0.6) is 0 Å². The van der Waals surface area contributed by atoms with Crippen LogP contribution in [-0.2, 0) is 119 Å². The Morgan fingerprint density at radius 2 is 0.659 bits per heavy atom. The van der Waals surface area contributed by atoms with E-state index in [1.54, 1.807) is 0 Å². The Bertz CT molecular complexity index is 3800. The Morgan fingerprint density at radius 3 is 1.11 bits per heavy atom. The van der Waals surface area contributed by atoms with Gasteiger partial charge in [-0.2, -0.15) is 0 Å². The molecule has 0 bridgehead atoms. The molecule has 0 radical (unpaired) electrons. The Labute approximate surface area is 781 Å². The van der Waals surface area contributed by atoms with Gasteiger partial charge in [-0.15, -0.1) is 0 Å². The van der Waals surface area contributed by atoms with Gasteiger partial charge in [0, 0.05) is 34.1 Å². The quantitative estimate of drug-likeness (QED) is 0.0271. The third-order valence-corrected chi connectivity index (χ3v) is 25.1. The van der Waals surface area contributed by atoms with Crippen LogP contribution in [0.3, 0.4) is 0 Å². The number of nitrogens with one attached hydrogen (secondary N) is 4. The van der Waals surface area contributed by atoms with E-state index in [0.29, 0.717) is 0 Å². The molecule has 10 saturated heterocycles. The lowest BCUT2D eigenvalue weighted by Crippen LogP contribution is -2.72. The minimum absolute atomic E-state index is 0.850. The Morgan fingerprint density at radius 1 is 0.326 bits per heavy atom. The lowest BCUT2D eigenvalue weighted by molar-refractivity contribution is -0.395. The maximum atomic E-state index is 13.8. The monoisotopic (exact) mass is 2020 g/mol. The van der Waals surface area contributed by atoms with Crippen molar-refractivity contribution in [1.29, 1.82) is 0 Å². The molecule has 10 heterocycles. The average molecular weight is 2020 g/mol. The first kappa shape index (κ1) is 115. The summed E-state index contributed by atoms with van der Waals surface area (Å²) in [5.41, 5.74) is 0. The molecule has 10 aliphatic heterocycles. The van der Waals surface area contributed by atoms with E-state index in [1.807, 2.05) is 0 Å². The molecule has 0 saturated carbocycles. The van der Waals surface area contributed by atoms with Gasteiger partial charge in [-0.3, -0.25) is 19.2 Å². The molecule has 0 aromatic carbocycles. The molecular weight excluding hydrogens is 1890 g/mol. The van der Waals surface area contributed by atoms with Crippen LogP contribution in [0.25, 0.3) is 0 Å². The highest BCUT2D eigenvalue weighted by atomic mass is 16.8. The molecule has 61 heteroatoms. The maximum absolute atomic E-state index is 13.8. The molecule has 55 atom stereocenters. The van der Waals surface area contributed by atoms with Crippen LogP contribution in [0.4, 0.5) is 0 Å². The average Bonchev–Trinajstić information content (AvgIpc) is 0.758. The van der Waals surface area contributed by atoms with Gasteiger partial charge in [0.15, 0.2) is 56.6 Å². The summed E-state index contributed by atoms with van der Waals surface area (Å²) in [6, 6.07) is -7.98. The van der Waals surface area contributed by atoms with Crippen molar-refractivity contribution < 1.29 is 282 Å². The first-order valence-corrected chi connectivity index (χ1v) is 43.9. The van der Waals surface area contributed by atoms with Gasteiger partial charge in [-0.05, 0) is 13.8 Å². The molecule has 0 aliphatic carbocycles. The number of rotatable bonds is 40. The van der Waals surface area contributed by atoms with Crippen molar-refractivity contribution in [3.8, 4) is 0 Å². The molecule has 0 unspecified atom stereocenters. The first-order valence-electron chi connectivity index (χ1n) is 43.9. The lowest BCUT2D eigenvalue weighted by atomic mass is 9.88. The second-order valence-corrected chi connectivity index (χ2v) is 35.0. The lowest BCUT2D eigenvalue weighted by Gasteiger charge is -2.52. The fraction of sp³-hybridized carbons (Fsp3) is 0.935. The second-order valence-electron chi connectivity index (χ2n) is 35.0. The van der Waals surface area contributed by atoms with Gasteiger partial charge in [0.05, 0.1) is 90.4 Å². The van der Waals surface area contributed by atoms with Crippen molar-refractivity contribution in [3.63, 3.8) is 0 Å². The van der Waals surface area contributed by atoms with Crippen molar-refractivity contribution in [2.75, 3.05) is 66.1 Å². The summed E-state index contributed by atoms with van der Waals surface area (Å²) in [6.45, 7) is -6.49.